The van der Waals surface area contributed by atoms with Gasteiger partial charge in [-0.1, -0.05) is 60.7 Å². The molecule has 87 valence electrons. The van der Waals surface area contributed by atoms with Gasteiger partial charge in [-0.25, -0.2) is 0 Å². The molecule has 0 atom stereocenters. The molecule has 1 heterocycles. The minimum atomic E-state index is 1.20. The summed E-state index contributed by atoms with van der Waals surface area (Å²) in [5, 5.41) is 3.42. The molecular weight excluding hydrogens is 351 g/mol. The molecule has 1 aromatic heterocycles. The molecule has 0 amide bonds. The van der Waals surface area contributed by atoms with E-state index in [4.69, 9.17) is 0 Å². The summed E-state index contributed by atoms with van der Waals surface area (Å²) >= 11 is 4.08. The van der Waals surface area contributed by atoms with Gasteiger partial charge in [0.1, 0.15) is 0 Å². The van der Waals surface area contributed by atoms with E-state index in [0.29, 0.717) is 0 Å². The van der Waals surface area contributed by atoms with Crippen LogP contribution in [0.3, 0.4) is 0 Å². The fraction of sp³-hybridized carbons (Fsp3) is 0. The lowest BCUT2D eigenvalue weighted by Gasteiger charge is -2.05. The van der Waals surface area contributed by atoms with Gasteiger partial charge in [0.05, 0.1) is 8.26 Å². The molecule has 0 spiro atoms. The van der Waals surface area contributed by atoms with Gasteiger partial charge in [-0.3, -0.25) is 0 Å². The van der Waals surface area contributed by atoms with Gasteiger partial charge in [-0.05, 0) is 33.7 Å². The van der Waals surface area contributed by atoms with Crippen LogP contribution in [0.15, 0.2) is 60.7 Å². The van der Waals surface area contributed by atoms with Crippen LogP contribution >= 0.6 is 33.9 Å². The van der Waals surface area contributed by atoms with Crippen LogP contribution in [0.5, 0.6) is 0 Å². The van der Waals surface area contributed by atoms with Crippen molar-refractivity contribution in [2.75, 3.05) is 0 Å². The summed E-state index contributed by atoms with van der Waals surface area (Å²) in [6, 6.07) is 21.0. The predicted octanol–water partition coefficient (Wildman–Crippen LogP) is 5.49. The lowest BCUT2D eigenvalue weighted by molar-refractivity contribution is 1.63. The number of benzene rings is 2. The summed E-state index contributed by atoms with van der Waals surface area (Å²) in [5.74, 6) is 0. The highest BCUT2D eigenvalue weighted by Gasteiger charge is 2.13. The maximum atomic E-state index is 3.42. The zero-order valence-corrected chi connectivity index (χ0v) is 12.5. The first-order valence-corrected chi connectivity index (χ1v) is 7.56. The lowest BCUT2D eigenvalue weighted by atomic mass is 9.99. The van der Waals surface area contributed by atoms with Crippen molar-refractivity contribution >= 4 is 33.9 Å². The van der Waals surface area contributed by atoms with E-state index in [1.807, 2.05) is 6.07 Å². The molecule has 18 heavy (non-hydrogen) atoms. The fourth-order valence-corrected chi connectivity index (χ4v) is 3.61. The Morgan fingerprint density at radius 2 is 1.33 bits per heavy atom. The van der Waals surface area contributed by atoms with Gasteiger partial charge in [0.15, 0.2) is 0 Å². The highest BCUT2D eigenvalue weighted by Crippen LogP contribution is 2.39. The summed E-state index contributed by atoms with van der Waals surface area (Å²) in [6.45, 7) is 0. The quantitative estimate of drug-likeness (QED) is 0.530. The molecule has 0 saturated carbocycles. The van der Waals surface area contributed by atoms with E-state index in [9.17, 15) is 0 Å². The van der Waals surface area contributed by atoms with E-state index >= 15 is 0 Å². The van der Waals surface area contributed by atoms with Crippen LogP contribution < -0.4 is 0 Å². The van der Waals surface area contributed by atoms with Crippen LogP contribution in [0.4, 0.5) is 0 Å². The van der Waals surface area contributed by atoms with Gasteiger partial charge >= 0.3 is 0 Å². The number of hydrogen-bond donors (Lipinski definition) is 0. The van der Waals surface area contributed by atoms with Gasteiger partial charge in [-0.15, -0.1) is 11.3 Å². The molecule has 0 saturated heterocycles. The Morgan fingerprint density at radius 1 is 0.778 bits per heavy atom. The summed E-state index contributed by atoms with van der Waals surface area (Å²) in [5.41, 5.74) is 5.00. The minimum Gasteiger partial charge on any atom is -0.127 e. The average Bonchev–Trinajstić information content (AvgIpc) is 2.83. The van der Waals surface area contributed by atoms with Crippen molar-refractivity contribution in [3.63, 3.8) is 0 Å². The first kappa shape index (κ1) is 11.9. The van der Waals surface area contributed by atoms with Crippen LogP contribution in [-0.2, 0) is 0 Å². The molecule has 0 nitrogen and oxygen atoms in total. The van der Waals surface area contributed by atoms with E-state index in [2.05, 4.69) is 82.6 Å². The van der Waals surface area contributed by atoms with Gasteiger partial charge in [0, 0.05) is 11.1 Å². The summed E-state index contributed by atoms with van der Waals surface area (Å²) in [7, 11) is 0. The highest BCUT2D eigenvalue weighted by atomic mass is 127. The third-order valence-electron chi connectivity index (χ3n) is 2.81. The van der Waals surface area contributed by atoms with Crippen LogP contribution in [0.1, 0.15) is 0 Å². The molecule has 0 N–H and O–H groups in total. The second-order valence-corrected chi connectivity index (χ2v) is 6.59. The Hall–Kier alpha value is -1.13. The topological polar surface area (TPSA) is 0 Å². The van der Waals surface area contributed by atoms with Gasteiger partial charge < -0.3 is 0 Å². The number of halogens is 1. The molecule has 0 aliphatic heterocycles. The second kappa shape index (κ2) is 5.24. The second-order valence-electron chi connectivity index (χ2n) is 3.96. The molecule has 0 aliphatic carbocycles. The van der Waals surface area contributed by atoms with Crippen molar-refractivity contribution in [1.82, 2.24) is 0 Å². The molecule has 0 unspecified atom stereocenters. The van der Waals surface area contributed by atoms with Crippen molar-refractivity contribution < 1.29 is 0 Å². The zero-order valence-electron chi connectivity index (χ0n) is 9.56. The Balaban J connectivity index is 2.19. The van der Waals surface area contributed by atoms with Crippen LogP contribution in [0, 0.1) is 8.26 Å². The molecule has 3 aromatic rings. The average molecular weight is 361 g/mol. The highest BCUT2D eigenvalue weighted by molar-refractivity contribution is 14.1. The molecule has 0 aliphatic rings. The molecule has 2 aromatic carbocycles. The SMILES string of the molecule is Ic1s[c]c(-c2ccccc2)c1-c1ccccc1. The first-order chi connectivity index (χ1) is 8.86. The normalized spacial score (nSPS) is 10.5. The van der Waals surface area contributed by atoms with E-state index in [0.717, 1.165) is 0 Å². The largest absolute Gasteiger partial charge is 0.127 e. The van der Waals surface area contributed by atoms with E-state index < -0.39 is 0 Å². The molecule has 0 bridgehead atoms. The molecule has 3 rings (SSSR count). The monoisotopic (exact) mass is 361 g/mol. The number of thiophene rings is 1. The number of hydrogen-bond acceptors (Lipinski definition) is 1. The van der Waals surface area contributed by atoms with Gasteiger partial charge in [0.25, 0.3) is 0 Å². The Labute approximate surface area is 124 Å². The van der Waals surface area contributed by atoms with Crippen molar-refractivity contribution in [3.05, 3.63) is 68.9 Å². The molecule has 0 fully saturated rings. The zero-order chi connectivity index (χ0) is 12.4. The summed E-state index contributed by atoms with van der Waals surface area (Å²) < 4.78 is 1.29. The predicted molar refractivity (Wildman–Crippen MR) is 86.7 cm³/mol. The van der Waals surface area contributed by atoms with Gasteiger partial charge in [0.2, 0.25) is 0 Å². The van der Waals surface area contributed by atoms with Crippen molar-refractivity contribution in [2.24, 2.45) is 0 Å². The Bertz CT molecular complexity index is 641. The first-order valence-electron chi connectivity index (χ1n) is 5.67. The standard InChI is InChI=1S/C16H10IS/c17-16-15(13-9-5-2-6-10-13)14(11-18-16)12-7-3-1-4-8-12/h1-10H. The smallest absolute Gasteiger partial charge is 0.0745 e. The van der Waals surface area contributed by atoms with Crippen LogP contribution in [0.25, 0.3) is 22.3 Å². The fourth-order valence-electron chi connectivity index (χ4n) is 1.97. The van der Waals surface area contributed by atoms with Crippen molar-refractivity contribution in [3.8, 4) is 22.3 Å². The third-order valence-corrected chi connectivity index (χ3v) is 4.70. The maximum Gasteiger partial charge on any atom is 0.0745 e. The van der Waals surface area contributed by atoms with Crippen molar-refractivity contribution in [1.29, 1.82) is 0 Å². The molecular formula is C16H10IS. The van der Waals surface area contributed by atoms with E-state index in [1.54, 1.807) is 11.3 Å². The van der Waals surface area contributed by atoms with E-state index in [-0.39, 0.29) is 0 Å². The van der Waals surface area contributed by atoms with Crippen LogP contribution in [-0.4, -0.2) is 0 Å². The molecule has 1 radical (unpaired) electrons. The van der Waals surface area contributed by atoms with Crippen molar-refractivity contribution in [2.45, 2.75) is 0 Å². The maximum absolute atomic E-state index is 3.42. The Morgan fingerprint density at radius 3 is 1.94 bits per heavy atom. The minimum absolute atomic E-state index is 1.20. The van der Waals surface area contributed by atoms with E-state index in [1.165, 1.54) is 25.1 Å². The molecule has 2 heteroatoms. The van der Waals surface area contributed by atoms with Crippen LogP contribution in [0.2, 0.25) is 0 Å². The number of rotatable bonds is 2. The third kappa shape index (κ3) is 2.22. The van der Waals surface area contributed by atoms with Gasteiger partial charge in [-0.2, -0.15) is 0 Å². The Kier molecular flexibility index (Phi) is 3.48. The lowest BCUT2D eigenvalue weighted by Crippen LogP contribution is -1.81. The summed E-state index contributed by atoms with van der Waals surface area (Å²) in [6.07, 6.45) is 0. The summed E-state index contributed by atoms with van der Waals surface area (Å²) in [4.78, 5) is 0.